The van der Waals surface area contributed by atoms with Crippen molar-refractivity contribution in [2.24, 2.45) is 0 Å². The van der Waals surface area contributed by atoms with E-state index in [1.807, 2.05) is 12.1 Å². The maximum atomic E-state index is 12.9. The SMILES string of the molecule is CNc1nc(OC)c(NC(=O)c2ccc(Oc3cc4c(cc3OC)CC[Si]4(C)C)o2)c(OC)n1. The molecule has 1 aliphatic heterocycles. The first kappa shape index (κ1) is 23.4. The number of hydrogen-bond donors (Lipinski definition) is 2. The molecule has 0 aliphatic carbocycles. The summed E-state index contributed by atoms with van der Waals surface area (Å²) in [5, 5.41) is 6.85. The van der Waals surface area contributed by atoms with Crippen molar-refractivity contribution in [1.29, 1.82) is 0 Å². The summed E-state index contributed by atoms with van der Waals surface area (Å²) in [6, 6.07) is 8.39. The Morgan fingerprint density at radius 1 is 1.03 bits per heavy atom. The smallest absolute Gasteiger partial charge is 0.291 e. The summed E-state index contributed by atoms with van der Waals surface area (Å²) in [4.78, 5) is 21.2. The number of carbonyl (C=O) groups is 1. The Labute approximate surface area is 198 Å². The zero-order valence-electron chi connectivity index (χ0n) is 20.1. The fraction of sp³-hybridized carbons (Fsp3) is 0.348. The normalized spacial score (nSPS) is 13.7. The van der Waals surface area contributed by atoms with Crippen molar-refractivity contribution in [1.82, 2.24) is 9.97 Å². The van der Waals surface area contributed by atoms with Crippen molar-refractivity contribution in [3.8, 4) is 29.2 Å². The second-order valence-electron chi connectivity index (χ2n) is 8.41. The molecule has 1 aliphatic rings. The van der Waals surface area contributed by atoms with Gasteiger partial charge in [-0.15, -0.1) is 0 Å². The van der Waals surface area contributed by atoms with E-state index in [9.17, 15) is 4.79 Å². The monoisotopic (exact) mass is 484 g/mol. The van der Waals surface area contributed by atoms with Crippen molar-refractivity contribution < 1.29 is 28.2 Å². The van der Waals surface area contributed by atoms with E-state index >= 15 is 0 Å². The molecule has 0 saturated carbocycles. The van der Waals surface area contributed by atoms with Crippen LogP contribution in [0.2, 0.25) is 19.1 Å². The van der Waals surface area contributed by atoms with Crippen LogP contribution < -0.4 is 34.8 Å². The third-order valence-electron chi connectivity index (χ3n) is 5.85. The average Bonchev–Trinajstić information content (AvgIpc) is 3.42. The Morgan fingerprint density at radius 3 is 2.35 bits per heavy atom. The quantitative estimate of drug-likeness (QED) is 0.462. The van der Waals surface area contributed by atoms with E-state index in [2.05, 4.69) is 33.7 Å². The molecule has 3 heterocycles. The van der Waals surface area contributed by atoms with Gasteiger partial charge in [-0.2, -0.15) is 9.97 Å². The standard InChI is InChI=1S/C23H28N4O6Si/c1-24-23-26-21(30-3)19(22(27-23)31-4)25-20(28)14-7-8-18(32-14)33-16-12-17-13(11-15(16)29-2)9-10-34(17,5)6/h7-8,11-12H,9-10H2,1-6H3,(H,25,28)(H,24,26,27). The largest absolute Gasteiger partial charge is 0.493 e. The van der Waals surface area contributed by atoms with Crippen LogP contribution in [0.4, 0.5) is 11.6 Å². The van der Waals surface area contributed by atoms with Crippen LogP contribution in [0.3, 0.4) is 0 Å². The first-order valence-corrected chi connectivity index (χ1v) is 14.0. The van der Waals surface area contributed by atoms with Crippen molar-refractivity contribution in [2.45, 2.75) is 25.6 Å². The van der Waals surface area contributed by atoms with Gasteiger partial charge in [-0.05, 0) is 36.2 Å². The van der Waals surface area contributed by atoms with E-state index < -0.39 is 14.0 Å². The third-order valence-corrected chi connectivity index (χ3v) is 9.27. The van der Waals surface area contributed by atoms with Gasteiger partial charge >= 0.3 is 0 Å². The number of furan rings is 1. The number of hydrogen-bond acceptors (Lipinski definition) is 9. The van der Waals surface area contributed by atoms with Gasteiger partial charge in [0.15, 0.2) is 22.9 Å². The molecular weight excluding hydrogens is 456 g/mol. The number of nitrogens with one attached hydrogen (secondary N) is 2. The number of methoxy groups -OCH3 is 3. The number of ether oxygens (including phenoxy) is 4. The molecule has 3 aromatic rings. The molecule has 0 saturated heterocycles. The summed E-state index contributed by atoms with van der Waals surface area (Å²) < 4.78 is 27.8. The molecule has 0 spiro atoms. The van der Waals surface area contributed by atoms with Crippen LogP contribution in [0.5, 0.6) is 29.2 Å². The highest BCUT2D eigenvalue weighted by atomic mass is 28.3. The maximum Gasteiger partial charge on any atom is 0.291 e. The highest BCUT2D eigenvalue weighted by molar-refractivity contribution is 6.91. The number of aryl methyl sites for hydroxylation is 1. The maximum absolute atomic E-state index is 12.9. The molecule has 1 aromatic carbocycles. The molecule has 4 rings (SSSR count). The van der Waals surface area contributed by atoms with Gasteiger partial charge in [-0.1, -0.05) is 18.3 Å². The van der Waals surface area contributed by atoms with Gasteiger partial charge in [-0.25, -0.2) is 0 Å². The van der Waals surface area contributed by atoms with Gasteiger partial charge in [0.2, 0.25) is 17.7 Å². The molecule has 180 valence electrons. The van der Waals surface area contributed by atoms with Crippen LogP contribution in [0.1, 0.15) is 16.1 Å². The predicted octanol–water partition coefficient (Wildman–Crippen LogP) is 3.65. The molecular formula is C23H28N4O6Si. The van der Waals surface area contributed by atoms with Crippen LogP contribution >= 0.6 is 0 Å². The minimum absolute atomic E-state index is 0.0339. The number of benzene rings is 1. The van der Waals surface area contributed by atoms with E-state index in [0.717, 1.165) is 6.42 Å². The van der Waals surface area contributed by atoms with Crippen molar-refractivity contribution in [3.63, 3.8) is 0 Å². The predicted molar refractivity (Wildman–Crippen MR) is 130 cm³/mol. The zero-order valence-corrected chi connectivity index (χ0v) is 21.1. The average molecular weight is 485 g/mol. The highest BCUT2D eigenvalue weighted by Crippen LogP contribution is 2.37. The molecule has 0 fully saturated rings. The summed E-state index contributed by atoms with van der Waals surface area (Å²) in [6.07, 6.45) is 1.06. The molecule has 0 bridgehead atoms. The fourth-order valence-corrected chi connectivity index (χ4v) is 6.73. The fourth-order valence-electron chi connectivity index (χ4n) is 3.98. The van der Waals surface area contributed by atoms with Gasteiger partial charge in [-0.3, -0.25) is 4.79 Å². The van der Waals surface area contributed by atoms with Crippen LogP contribution in [0, 0.1) is 0 Å². The summed E-state index contributed by atoms with van der Waals surface area (Å²) >= 11 is 0. The van der Waals surface area contributed by atoms with E-state index in [4.69, 9.17) is 23.4 Å². The van der Waals surface area contributed by atoms with Crippen molar-refractivity contribution in [2.75, 3.05) is 39.0 Å². The molecule has 0 atom stereocenters. The van der Waals surface area contributed by atoms with Gasteiger partial charge in [0.1, 0.15) is 0 Å². The van der Waals surface area contributed by atoms with Gasteiger partial charge in [0.05, 0.1) is 29.4 Å². The number of carbonyl (C=O) groups excluding carboxylic acids is 1. The first-order valence-electron chi connectivity index (χ1n) is 10.8. The number of nitrogens with zero attached hydrogens (tertiary/aromatic N) is 2. The number of rotatable bonds is 8. The molecule has 0 unspecified atom stereocenters. The van der Waals surface area contributed by atoms with Gasteiger partial charge in [0.25, 0.3) is 11.9 Å². The summed E-state index contributed by atoms with van der Waals surface area (Å²) in [6.45, 7) is 4.69. The van der Waals surface area contributed by atoms with Gasteiger partial charge in [0, 0.05) is 13.1 Å². The topological polar surface area (TPSA) is 117 Å². The zero-order chi connectivity index (χ0) is 24.5. The van der Waals surface area contributed by atoms with E-state index in [-0.39, 0.29) is 35.1 Å². The molecule has 34 heavy (non-hydrogen) atoms. The van der Waals surface area contributed by atoms with Crippen LogP contribution in [-0.4, -0.2) is 52.3 Å². The van der Waals surface area contributed by atoms with Crippen molar-refractivity contribution in [3.05, 3.63) is 35.6 Å². The van der Waals surface area contributed by atoms with Crippen molar-refractivity contribution >= 4 is 30.8 Å². The minimum Gasteiger partial charge on any atom is -0.493 e. The van der Waals surface area contributed by atoms with Crippen LogP contribution in [-0.2, 0) is 6.42 Å². The highest BCUT2D eigenvalue weighted by Gasteiger charge is 2.33. The Bertz CT molecular complexity index is 1200. The summed E-state index contributed by atoms with van der Waals surface area (Å²) in [5.74, 6) is 1.42. The van der Waals surface area contributed by atoms with E-state index in [1.165, 1.54) is 37.1 Å². The minimum atomic E-state index is -1.50. The lowest BCUT2D eigenvalue weighted by Crippen LogP contribution is -2.37. The van der Waals surface area contributed by atoms with Gasteiger partial charge < -0.3 is 34.0 Å². The molecule has 2 aromatic heterocycles. The summed E-state index contributed by atoms with van der Waals surface area (Å²) in [7, 11) is 4.64. The Balaban J connectivity index is 1.57. The number of amides is 1. The molecule has 10 nitrogen and oxygen atoms in total. The summed E-state index contributed by atoms with van der Waals surface area (Å²) in [5.41, 5.74) is 1.50. The Morgan fingerprint density at radius 2 is 1.74 bits per heavy atom. The lowest BCUT2D eigenvalue weighted by molar-refractivity contribution is 0.0990. The third kappa shape index (κ3) is 4.38. The van der Waals surface area contributed by atoms with E-state index in [1.54, 1.807) is 20.2 Å². The number of fused-ring (bicyclic) bond motifs is 1. The number of aromatic nitrogens is 2. The lowest BCUT2D eigenvalue weighted by atomic mass is 10.1. The second kappa shape index (κ2) is 9.25. The Hall–Kier alpha value is -3.73. The molecule has 2 N–H and O–H groups in total. The van der Waals surface area contributed by atoms with Crippen LogP contribution in [0.25, 0.3) is 0 Å². The molecule has 0 radical (unpaired) electrons. The Kier molecular flexibility index (Phi) is 6.38. The first-order chi connectivity index (χ1) is 16.3. The second-order valence-corrected chi connectivity index (χ2v) is 13.2. The molecule has 11 heteroatoms. The lowest BCUT2D eigenvalue weighted by Gasteiger charge is -2.18. The number of anilines is 2. The van der Waals surface area contributed by atoms with E-state index in [0.29, 0.717) is 11.5 Å². The van der Waals surface area contributed by atoms with Crippen LogP contribution in [0.15, 0.2) is 28.7 Å². The molecule has 1 amide bonds.